The van der Waals surface area contributed by atoms with Gasteiger partial charge in [0, 0.05) is 13.6 Å². The first-order chi connectivity index (χ1) is 12.6. The number of nitrogens with zero attached hydrogens (tertiary/aromatic N) is 2. The lowest BCUT2D eigenvalue weighted by atomic mass is 10.0. The van der Waals surface area contributed by atoms with Crippen LogP contribution in [0, 0.1) is 0 Å². The first-order valence-electron chi connectivity index (χ1n) is 9.36. The molecule has 0 aliphatic carbocycles. The number of hydrogen-bond donors (Lipinski definition) is 0. The van der Waals surface area contributed by atoms with E-state index < -0.39 is 0 Å². The molecular formula is C22H30N2O2. The van der Waals surface area contributed by atoms with Crippen molar-refractivity contribution in [3.8, 4) is 5.75 Å². The molecule has 2 aromatic rings. The Morgan fingerprint density at radius 1 is 0.962 bits per heavy atom. The van der Waals surface area contributed by atoms with Crippen LogP contribution in [0.2, 0.25) is 0 Å². The molecule has 0 aliphatic rings. The standard InChI is InChI=1S/C22H30N2O2/c1-5-24(6-2)21(19-11-9-8-10-12-19)22(25)23(4)17-18-13-15-20(16-14-18)26-7-3/h8-16,21H,5-7,17H2,1-4H3. The molecule has 4 nitrogen and oxygen atoms in total. The Morgan fingerprint density at radius 3 is 2.12 bits per heavy atom. The van der Waals surface area contributed by atoms with Crippen molar-refractivity contribution in [2.24, 2.45) is 0 Å². The number of carbonyl (C=O) groups excluding carboxylic acids is 1. The van der Waals surface area contributed by atoms with E-state index in [1.807, 2.05) is 73.5 Å². The number of hydrogen-bond acceptors (Lipinski definition) is 3. The van der Waals surface area contributed by atoms with Gasteiger partial charge in [-0.25, -0.2) is 0 Å². The summed E-state index contributed by atoms with van der Waals surface area (Å²) in [5, 5.41) is 0. The summed E-state index contributed by atoms with van der Waals surface area (Å²) in [6.07, 6.45) is 0. The van der Waals surface area contributed by atoms with Gasteiger partial charge in [0.25, 0.3) is 0 Å². The Morgan fingerprint density at radius 2 is 1.58 bits per heavy atom. The van der Waals surface area contributed by atoms with Gasteiger partial charge in [0.1, 0.15) is 11.8 Å². The fourth-order valence-corrected chi connectivity index (χ4v) is 3.15. The third-order valence-corrected chi connectivity index (χ3v) is 4.56. The maximum Gasteiger partial charge on any atom is 0.244 e. The van der Waals surface area contributed by atoms with Gasteiger partial charge in [0.2, 0.25) is 5.91 Å². The number of rotatable bonds is 9. The summed E-state index contributed by atoms with van der Waals surface area (Å²) in [6.45, 7) is 9.06. The molecule has 0 aromatic heterocycles. The summed E-state index contributed by atoms with van der Waals surface area (Å²) in [7, 11) is 1.87. The molecule has 0 saturated carbocycles. The highest BCUT2D eigenvalue weighted by Crippen LogP contribution is 2.23. The highest BCUT2D eigenvalue weighted by Gasteiger charge is 2.28. The maximum absolute atomic E-state index is 13.2. The lowest BCUT2D eigenvalue weighted by Crippen LogP contribution is -2.41. The van der Waals surface area contributed by atoms with Gasteiger partial charge in [-0.3, -0.25) is 9.69 Å². The predicted octanol–water partition coefficient (Wildman–Crippen LogP) is 4.13. The fraction of sp³-hybridized carbons (Fsp3) is 0.409. The summed E-state index contributed by atoms with van der Waals surface area (Å²) in [4.78, 5) is 17.2. The Labute approximate surface area is 157 Å². The minimum Gasteiger partial charge on any atom is -0.494 e. The molecule has 26 heavy (non-hydrogen) atoms. The Bertz CT molecular complexity index is 666. The Balaban J connectivity index is 2.16. The van der Waals surface area contributed by atoms with Gasteiger partial charge in [0.15, 0.2) is 0 Å². The molecule has 0 heterocycles. The molecule has 140 valence electrons. The number of likely N-dealkylation sites (N-methyl/N-ethyl adjacent to an activating group) is 2. The molecule has 0 bridgehead atoms. The average molecular weight is 354 g/mol. The zero-order valence-corrected chi connectivity index (χ0v) is 16.3. The third kappa shape index (κ3) is 5.09. The van der Waals surface area contributed by atoms with Gasteiger partial charge in [-0.2, -0.15) is 0 Å². The SMILES string of the molecule is CCOc1ccc(CN(C)C(=O)C(c2ccccc2)N(CC)CC)cc1. The largest absolute Gasteiger partial charge is 0.494 e. The zero-order chi connectivity index (χ0) is 18.9. The van der Waals surface area contributed by atoms with Crippen LogP contribution in [0.1, 0.15) is 37.9 Å². The normalized spacial score (nSPS) is 12.0. The molecule has 1 atom stereocenters. The van der Waals surface area contributed by atoms with Gasteiger partial charge in [0.05, 0.1) is 6.61 Å². The van der Waals surface area contributed by atoms with E-state index in [-0.39, 0.29) is 11.9 Å². The molecule has 0 N–H and O–H groups in total. The van der Waals surface area contributed by atoms with E-state index in [9.17, 15) is 4.79 Å². The van der Waals surface area contributed by atoms with Crippen LogP contribution >= 0.6 is 0 Å². The predicted molar refractivity (Wildman–Crippen MR) is 106 cm³/mol. The van der Waals surface area contributed by atoms with Crippen LogP contribution in [-0.4, -0.2) is 42.5 Å². The number of amides is 1. The van der Waals surface area contributed by atoms with Crippen LogP contribution in [0.3, 0.4) is 0 Å². The average Bonchev–Trinajstić information content (AvgIpc) is 2.68. The van der Waals surface area contributed by atoms with Gasteiger partial charge >= 0.3 is 0 Å². The van der Waals surface area contributed by atoms with E-state index in [0.717, 1.165) is 30.0 Å². The van der Waals surface area contributed by atoms with Crippen LogP contribution in [0.25, 0.3) is 0 Å². The van der Waals surface area contributed by atoms with E-state index in [1.54, 1.807) is 0 Å². The molecule has 1 unspecified atom stereocenters. The van der Waals surface area contributed by atoms with Gasteiger partial charge in [-0.1, -0.05) is 56.3 Å². The van der Waals surface area contributed by atoms with Crippen LogP contribution < -0.4 is 4.74 Å². The fourth-order valence-electron chi connectivity index (χ4n) is 3.15. The monoisotopic (exact) mass is 354 g/mol. The third-order valence-electron chi connectivity index (χ3n) is 4.56. The topological polar surface area (TPSA) is 32.8 Å². The number of ether oxygens (including phenoxy) is 1. The molecule has 1 amide bonds. The Hall–Kier alpha value is -2.33. The molecule has 0 saturated heterocycles. The summed E-state index contributed by atoms with van der Waals surface area (Å²) < 4.78 is 5.48. The van der Waals surface area contributed by atoms with Crippen LogP contribution in [0.15, 0.2) is 54.6 Å². The molecule has 0 spiro atoms. The number of benzene rings is 2. The lowest BCUT2D eigenvalue weighted by molar-refractivity contribution is -0.136. The smallest absolute Gasteiger partial charge is 0.244 e. The molecular weight excluding hydrogens is 324 g/mol. The van der Waals surface area contributed by atoms with Crippen LogP contribution in [0.5, 0.6) is 5.75 Å². The summed E-state index contributed by atoms with van der Waals surface area (Å²) >= 11 is 0. The highest BCUT2D eigenvalue weighted by atomic mass is 16.5. The zero-order valence-electron chi connectivity index (χ0n) is 16.3. The van der Waals surface area contributed by atoms with Crippen LogP contribution in [-0.2, 0) is 11.3 Å². The molecule has 0 fully saturated rings. The summed E-state index contributed by atoms with van der Waals surface area (Å²) in [5.41, 5.74) is 2.13. The van der Waals surface area contributed by atoms with Crippen LogP contribution in [0.4, 0.5) is 0 Å². The minimum atomic E-state index is -0.251. The molecule has 0 radical (unpaired) electrons. The molecule has 2 aromatic carbocycles. The van der Waals surface area contributed by atoms with Crippen molar-refractivity contribution in [2.45, 2.75) is 33.4 Å². The van der Waals surface area contributed by atoms with E-state index in [1.165, 1.54) is 0 Å². The quantitative estimate of drug-likeness (QED) is 0.679. The van der Waals surface area contributed by atoms with Gasteiger partial charge < -0.3 is 9.64 Å². The van der Waals surface area contributed by atoms with E-state index in [4.69, 9.17) is 4.74 Å². The summed E-state index contributed by atoms with van der Waals surface area (Å²) in [6, 6.07) is 17.7. The second-order valence-corrected chi connectivity index (χ2v) is 6.31. The Kier molecular flexibility index (Phi) is 7.67. The number of carbonyl (C=O) groups is 1. The van der Waals surface area contributed by atoms with Crippen molar-refractivity contribution in [1.82, 2.24) is 9.80 Å². The first-order valence-corrected chi connectivity index (χ1v) is 9.36. The van der Waals surface area contributed by atoms with Crippen molar-refractivity contribution < 1.29 is 9.53 Å². The first kappa shape index (κ1) is 20.0. The van der Waals surface area contributed by atoms with Crippen molar-refractivity contribution in [3.63, 3.8) is 0 Å². The second-order valence-electron chi connectivity index (χ2n) is 6.31. The van der Waals surface area contributed by atoms with Crippen molar-refractivity contribution in [1.29, 1.82) is 0 Å². The minimum absolute atomic E-state index is 0.119. The molecule has 2 rings (SSSR count). The van der Waals surface area contributed by atoms with E-state index in [2.05, 4.69) is 18.7 Å². The lowest BCUT2D eigenvalue weighted by Gasteiger charge is -2.32. The molecule has 4 heteroatoms. The molecule has 0 aliphatic heterocycles. The summed E-state index contributed by atoms with van der Waals surface area (Å²) in [5.74, 6) is 0.976. The van der Waals surface area contributed by atoms with Crippen molar-refractivity contribution in [2.75, 3.05) is 26.7 Å². The van der Waals surface area contributed by atoms with Gasteiger partial charge in [-0.15, -0.1) is 0 Å². The maximum atomic E-state index is 13.2. The van der Waals surface area contributed by atoms with Crippen molar-refractivity contribution >= 4 is 5.91 Å². The van der Waals surface area contributed by atoms with Gasteiger partial charge in [-0.05, 0) is 43.3 Å². The highest BCUT2D eigenvalue weighted by molar-refractivity contribution is 5.83. The second kappa shape index (κ2) is 9.97. The van der Waals surface area contributed by atoms with E-state index in [0.29, 0.717) is 13.2 Å². The van der Waals surface area contributed by atoms with Crippen molar-refractivity contribution in [3.05, 3.63) is 65.7 Å². The van der Waals surface area contributed by atoms with E-state index >= 15 is 0 Å².